The lowest BCUT2D eigenvalue weighted by Gasteiger charge is -2.20. The molecule has 2 aromatic rings. The van der Waals surface area contributed by atoms with Gasteiger partial charge in [-0.1, -0.05) is 51.8 Å². The number of ether oxygens (including phenoxy) is 2. The third-order valence-electron chi connectivity index (χ3n) is 12.0. The van der Waals surface area contributed by atoms with Crippen molar-refractivity contribution in [3.8, 4) is 0 Å². The van der Waals surface area contributed by atoms with Crippen LogP contribution >= 0.6 is 0 Å². The quantitative estimate of drug-likeness (QED) is 0.0749. The Labute approximate surface area is 314 Å². The average Bonchev–Trinajstić information content (AvgIpc) is 3.87. The summed E-state index contributed by atoms with van der Waals surface area (Å²) in [7, 11) is 1.32. The van der Waals surface area contributed by atoms with Gasteiger partial charge in [-0.3, -0.25) is 14.4 Å². The first-order valence-electron chi connectivity index (χ1n) is 19.3. The van der Waals surface area contributed by atoms with Gasteiger partial charge >= 0.3 is 11.9 Å². The van der Waals surface area contributed by atoms with Gasteiger partial charge < -0.3 is 30.1 Å². The number of esters is 2. The molecule has 4 atom stereocenters. The van der Waals surface area contributed by atoms with Crippen LogP contribution in [0.15, 0.2) is 46.5 Å². The van der Waals surface area contributed by atoms with E-state index < -0.39 is 11.9 Å². The molecule has 0 spiro atoms. The summed E-state index contributed by atoms with van der Waals surface area (Å²) in [6.07, 6.45) is 14.9. The van der Waals surface area contributed by atoms with E-state index in [1.54, 1.807) is 0 Å². The molecule has 282 valence electrons. The summed E-state index contributed by atoms with van der Waals surface area (Å²) in [4.78, 5) is 48.3. The number of carbonyl (C=O) groups is 3. The number of aromatic nitrogens is 2. The van der Waals surface area contributed by atoms with E-state index in [0.29, 0.717) is 29.7 Å². The van der Waals surface area contributed by atoms with Crippen LogP contribution in [0.2, 0.25) is 0 Å². The minimum Gasteiger partial charge on any atom is -0.468 e. The number of methoxy groups -OCH3 is 1. The second-order valence-corrected chi connectivity index (χ2v) is 15.1. The molecular weight excluding hydrogens is 665 g/mol. The molecule has 0 saturated carbocycles. The fourth-order valence-corrected chi connectivity index (χ4v) is 8.78. The van der Waals surface area contributed by atoms with Gasteiger partial charge in [0.2, 0.25) is 0 Å². The molecule has 9 nitrogen and oxygen atoms in total. The van der Waals surface area contributed by atoms with Crippen molar-refractivity contribution >= 4 is 41.5 Å². The topological polar surface area (TPSA) is 125 Å². The first-order valence-corrected chi connectivity index (χ1v) is 19.3. The minimum absolute atomic E-state index is 0.0341. The zero-order chi connectivity index (χ0) is 38.1. The van der Waals surface area contributed by atoms with E-state index in [0.717, 1.165) is 70.1 Å². The number of fused-ring (bicyclic) bond motifs is 7. The van der Waals surface area contributed by atoms with Crippen LogP contribution in [0.5, 0.6) is 0 Å². The molecule has 4 N–H and O–H groups in total. The third kappa shape index (κ3) is 7.02. The summed E-state index contributed by atoms with van der Waals surface area (Å²) in [5.41, 5.74) is 14.2. The molecule has 9 heteroatoms. The number of allylic oxidation sites excluding steroid dienone is 4. The Morgan fingerprint density at radius 2 is 1.81 bits per heavy atom. The Morgan fingerprint density at radius 1 is 1.04 bits per heavy atom. The maximum atomic E-state index is 14.3. The van der Waals surface area contributed by atoms with Crippen LogP contribution in [0, 0.1) is 31.6 Å². The molecule has 4 aliphatic rings. The van der Waals surface area contributed by atoms with Gasteiger partial charge in [0.25, 0.3) is 0 Å². The number of ketones is 1. The zero-order valence-electron chi connectivity index (χ0n) is 32.7. The SMILES string of the molecule is C=Cc1c2[nH]c(c1C)/C=C1\N/C(=C3\c4[nH]c(c(C)c4C(=O)[C@@H]3C(=O)OC)CC3N/C(=C\2)C(C)=C3CC)[C@@H](CCC(=O)OC/C=C(\C)CCCCC)[C@@H]1C. The largest absolute Gasteiger partial charge is 0.468 e. The number of H-pyrrole nitrogens is 2. The van der Waals surface area contributed by atoms with E-state index in [2.05, 4.69) is 80.9 Å². The van der Waals surface area contributed by atoms with Crippen LogP contribution in [0.25, 0.3) is 23.8 Å². The van der Waals surface area contributed by atoms with Gasteiger partial charge in [0.05, 0.1) is 18.8 Å². The standard InChI is InChI=1S/C44H56N4O5/c1-10-13-14-15-23(4)18-19-53-37(49)17-16-30-26(7)33-20-31-24(5)28(11-2)35(45-31)21-32-25(6)29(12-3)36(46-32)22-34-27(8)38-42(48-34)39(41(30)47-33)40(43(38)50)44(51)52-9/h11,18,20-21,26,30,36,40,45-48H,2,10,12-17,19,22H2,1,3-9H3/b23-18+,32-21-,33-20-,41-39-/t26-,30-,36?,40+/m0/s1. The first kappa shape index (κ1) is 38.0. The number of unbranched alkanes of at least 4 members (excludes halogenated alkanes) is 2. The van der Waals surface area contributed by atoms with E-state index in [-0.39, 0.29) is 42.7 Å². The van der Waals surface area contributed by atoms with Crippen LogP contribution in [0.3, 0.4) is 0 Å². The number of carbonyl (C=O) groups excluding carboxylic acids is 3. The van der Waals surface area contributed by atoms with Crippen LogP contribution in [-0.4, -0.2) is 47.4 Å². The van der Waals surface area contributed by atoms with E-state index >= 15 is 0 Å². The smallest absolute Gasteiger partial charge is 0.321 e. The summed E-state index contributed by atoms with van der Waals surface area (Å²) in [5.74, 6) is -2.51. The van der Waals surface area contributed by atoms with Gasteiger partial charge in [0, 0.05) is 75.6 Å². The van der Waals surface area contributed by atoms with Gasteiger partial charge in [-0.05, 0) is 93.9 Å². The van der Waals surface area contributed by atoms with Crippen molar-refractivity contribution in [2.75, 3.05) is 13.7 Å². The van der Waals surface area contributed by atoms with Crippen molar-refractivity contribution in [3.63, 3.8) is 0 Å². The van der Waals surface area contributed by atoms with Gasteiger partial charge in [-0.2, -0.15) is 0 Å². The lowest BCUT2D eigenvalue weighted by molar-refractivity contribution is -0.143. The van der Waals surface area contributed by atoms with E-state index in [1.165, 1.54) is 36.7 Å². The number of rotatable bonds is 12. The molecule has 0 amide bonds. The normalized spacial score (nSPS) is 25.4. The number of aromatic amines is 2. The van der Waals surface area contributed by atoms with Crippen LogP contribution < -0.4 is 10.6 Å². The Bertz CT molecular complexity index is 2000. The van der Waals surface area contributed by atoms with Crippen LogP contribution in [0.1, 0.15) is 129 Å². The summed E-state index contributed by atoms with van der Waals surface area (Å²) < 4.78 is 10.9. The Morgan fingerprint density at radius 3 is 2.51 bits per heavy atom. The van der Waals surface area contributed by atoms with Gasteiger partial charge in [-0.15, -0.1) is 0 Å². The Kier molecular flexibility index (Phi) is 11.2. The maximum Gasteiger partial charge on any atom is 0.321 e. The molecule has 0 radical (unpaired) electrons. The van der Waals surface area contributed by atoms with E-state index in [9.17, 15) is 14.4 Å². The van der Waals surface area contributed by atoms with Crippen LogP contribution in [-0.2, 0) is 25.5 Å². The van der Waals surface area contributed by atoms with Gasteiger partial charge in [0.1, 0.15) is 12.5 Å². The predicted molar refractivity (Wildman–Crippen MR) is 211 cm³/mol. The van der Waals surface area contributed by atoms with E-state index in [1.807, 2.05) is 19.1 Å². The molecule has 2 aromatic heterocycles. The van der Waals surface area contributed by atoms with Gasteiger partial charge in [-0.25, -0.2) is 0 Å². The van der Waals surface area contributed by atoms with Crippen molar-refractivity contribution in [1.82, 2.24) is 20.6 Å². The number of Topliss-reactive ketones (excluding diaryl/α,β-unsaturated/α-hetero) is 1. The molecule has 1 unspecified atom stereocenters. The third-order valence-corrected chi connectivity index (χ3v) is 12.0. The van der Waals surface area contributed by atoms with Crippen LogP contribution in [0.4, 0.5) is 0 Å². The van der Waals surface area contributed by atoms with Crippen molar-refractivity contribution in [2.24, 2.45) is 17.8 Å². The summed E-state index contributed by atoms with van der Waals surface area (Å²) >= 11 is 0. The second kappa shape index (κ2) is 15.7. The maximum absolute atomic E-state index is 14.3. The summed E-state index contributed by atoms with van der Waals surface area (Å²) in [5, 5.41) is 7.48. The molecule has 6 rings (SSSR count). The fourth-order valence-electron chi connectivity index (χ4n) is 8.78. The molecule has 53 heavy (non-hydrogen) atoms. The van der Waals surface area contributed by atoms with Gasteiger partial charge in [0.15, 0.2) is 5.78 Å². The van der Waals surface area contributed by atoms with Crippen molar-refractivity contribution in [2.45, 2.75) is 106 Å². The van der Waals surface area contributed by atoms with Crippen molar-refractivity contribution < 1.29 is 23.9 Å². The Balaban J connectivity index is 1.45. The number of nitrogens with one attached hydrogen (secondary N) is 4. The monoisotopic (exact) mass is 720 g/mol. The highest BCUT2D eigenvalue weighted by Crippen LogP contribution is 2.48. The molecule has 8 bridgehead atoms. The predicted octanol–water partition coefficient (Wildman–Crippen LogP) is 8.64. The molecular formula is C44H56N4O5. The minimum atomic E-state index is -1.11. The Hall–Kier alpha value is -4.79. The molecule has 1 aliphatic carbocycles. The first-order chi connectivity index (χ1) is 25.4. The number of hydrogen-bond donors (Lipinski definition) is 4. The van der Waals surface area contributed by atoms with Crippen molar-refractivity contribution in [1.29, 1.82) is 0 Å². The highest BCUT2D eigenvalue weighted by Gasteiger charge is 2.49. The highest BCUT2D eigenvalue weighted by atomic mass is 16.5. The second-order valence-electron chi connectivity index (χ2n) is 15.1. The molecule has 1 saturated heterocycles. The zero-order valence-corrected chi connectivity index (χ0v) is 32.7. The lowest BCUT2D eigenvalue weighted by Crippen LogP contribution is -2.28. The highest BCUT2D eigenvalue weighted by molar-refractivity contribution is 6.24. The molecule has 0 aromatic carbocycles. The molecule has 3 aliphatic heterocycles. The van der Waals surface area contributed by atoms with Crippen molar-refractivity contribution in [3.05, 3.63) is 91.5 Å². The molecule has 1 fully saturated rings. The number of hydrogen-bond acceptors (Lipinski definition) is 7. The van der Waals surface area contributed by atoms with E-state index in [4.69, 9.17) is 9.47 Å². The summed E-state index contributed by atoms with van der Waals surface area (Å²) in [6, 6.07) is 0.0341. The average molecular weight is 721 g/mol. The fraction of sp³-hybridized carbons (Fsp3) is 0.477. The molecule has 5 heterocycles. The summed E-state index contributed by atoms with van der Waals surface area (Å²) in [6.45, 7) is 19.2. The lowest BCUT2D eigenvalue weighted by atomic mass is 9.85.